The highest BCUT2D eigenvalue weighted by Crippen LogP contribution is 2.32. The van der Waals surface area contributed by atoms with Gasteiger partial charge in [-0.15, -0.1) is 0 Å². The van der Waals surface area contributed by atoms with Crippen molar-refractivity contribution in [3.05, 3.63) is 0 Å². The van der Waals surface area contributed by atoms with E-state index >= 15 is 0 Å². The molecule has 0 radical (unpaired) electrons. The zero-order valence-electron chi connectivity index (χ0n) is 10.0. The Bertz CT molecular complexity index is 206. The smallest absolute Gasteiger partial charge is 0.225 e. The Morgan fingerprint density at radius 2 is 2.13 bits per heavy atom. The van der Waals surface area contributed by atoms with Crippen LogP contribution in [0.25, 0.3) is 0 Å². The second kappa shape index (κ2) is 6.11. The van der Waals surface area contributed by atoms with Gasteiger partial charge in [0, 0.05) is 19.0 Å². The Morgan fingerprint density at radius 3 is 2.67 bits per heavy atom. The maximum Gasteiger partial charge on any atom is 0.225 e. The van der Waals surface area contributed by atoms with Gasteiger partial charge in [0.2, 0.25) is 5.91 Å². The molecule has 3 nitrogen and oxygen atoms in total. The quantitative estimate of drug-likeness (QED) is 0.752. The minimum Gasteiger partial charge on any atom is -0.343 e. The molecule has 1 aliphatic carbocycles. The summed E-state index contributed by atoms with van der Waals surface area (Å²) in [5.74, 6) is 0.984. The third kappa shape index (κ3) is 2.94. The zero-order chi connectivity index (χ0) is 11.3. The molecule has 2 unspecified atom stereocenters. The lowest BCUT2D eigenvalue weighted by Gasteiger charge is -2.26. The molecule has 1 aliphatic rings. The maximum absolute atomic E-state index is 12.2. The first-order valence-corrected chi connectivity index (χ1v) is 6.23. The van der Waals surface area contributed by atoms with Gasteiger partial charge < -0.3 is 10.6 Å². The van der Waals surface area contributed by atoms with E-state index in [1.807, 2.05) is 4.90 Å². The first-order chi connectivity index (χ1) is 7.24. The molecule has 3 heteroatoms. The molecule has 1 saturated carbocycles. The van der Waals surface area contributed by atoms with Crippen molar-refractivity contribution < 1.29 is 4.79 Å². The second-order valence-electron chi connectivity index (χ2n) is 4.45. The van der Waals surface area contributed by atoms with Gasteiger partial charge in [0.1, 0.15) is 0 Å². The summed E-state index contributed by atoms with van der Waals surface area (Å²) in [6, 6.07) is 0. The van der Waals surface area contributed by atoms with Crippen molar-refractivity contribution in [2.45, 2.75) is 39.5 Å². The molecule has 0 aromatic heterocycles. The standard InChI is InChI=1S/C12H24N2O/c1-3-8-14(4-2)12(15)11-7-5-6-10(11)9-13/h10-11H,3-9,13H2,1-2H3. The van der Waals surface area contributed by atoms with E-state index in [-0.39, 0.29) is 5.92 Å². The summed E-state index contributed by atoms with van der Waals surface area (Å²) in [6.07, 6.45) is 4.39. The fourth-order valence-electron chi connectivity index (χ4n) is 2.57. The van der Waals surface area contributed by atoms with Crippen molar-refractivity contribution in [2.24, 2.45) is 17.6 Å². The molecule has 0 aromatic carbocycles. The molecule has 1 fully saturated rings. The van der Waals surface area contributed by atoms with E-state index in [1.165, 1.54) is 6.42 Å². The van der Waals surface area contributed by atoms with Crippen LogP contribution >= 0.6 is 0 Å². The third-order valence-corrected chi connectivity index (χ3v) is 3.47. The average molecular weight is 212 g/mol. The Labute approximate surface area is 93.0 Å². The summed E-state index contributed by atoms with van der Waals surface area (Å²) in [5, 5.41) is 0. The molecule has 2 atom stereocenters. The van der Waals surface area contributed by atoms with Crippen LogP contribution in [-0.2, 0) is 4.79 Å². The largest absolute Gasteiger partial charge is 0.343 e. The third-order valence-electron chi connectivity index (χ3n) is 3.47. The van der Waals surface area contributed by atoms with Crippen molar-refractivity contribution in [2.75, 3.05) is 19.6 Å². The van der Waals surface area contributed by atoms with Crippen LogP contribution in [0, 0.1) is 11.8 Å². The van der Waals surface area contributed by atoms with Crippen molar-refractivity contribution in [3.8, 4) is 0 Å². The van der Waals surface area contributed by atoms with Crippen LogP contribution in [0.2, 0.25) is 0 Å². The summed E-state index contributed by atoms with van der Waals surface area (Å²) in [6.45, 7) is 6.56. The normalized spacial score (nSPS) is 25.5. The van der Waals surface area contributed by atoms with Gasteiger partial charge in [-0.25, -0.2) is 0 Å². The fraction of sp³-hybridized carbons (Fsp3) is 0.917. The van der Waals surface area contributed by atoms with Crippen molar-refractivity contribution in [1.82, 2.24) is 4.90 Å². The van der Waals surface area contributed by atoms with E-state index < -0.39 is 0 Å². The van der Waals surface area contributed by atoms with Crippen molar-refractivity contribution in [3.63, 3.8) is 0 Å². The SMILES string of the molecule is CCCN(CC)C(=O)C1CCCC1CN. The molecule has 88 valence electrons. The lowest BCUT2D eigenvalue weighted by atomic mass is 9.94. The number of hydrogen-bond acceptors (Lipinski definition) is 2. The van der Waals surface area contributed by atoms with Gasteiger partial charge in [-0.1, -0.05) is 13.3 Å². The first-order valence-electron chi connectivity index (χ1n) is 6.23. The van der Waals surface area contributed by atoms with Gasteiger partial charge in [0.05, 0.1) is 0 Å². The van der Waals surface area contributed by atoms with Crippen LogP contribution in [0.3, 0.4) is 0 Å². The molecule has 0 spiro atoms. The molecular formula is C12H24N2O. The molecule has 0 heterocycles. The first kappa shape index (κ1) is 12.5. The minimum absolute atomic E-state index is 0.210. The lowest BCUT2D eigenvalue weighted by molar-refractivity contribution is -0.136. The summed E-state index contributed by atoms with van der Waals surface area (Å²) >= 11 is 0. The molecule has 0 bridgehead atoms. The minimum atomic E-state index is 0.210. The Balaban J connectivity index is 2.56. The lowest BCUT2D eigenvalue weighted by Crippen LogP contribution is -2.39. The number of nitrogens with two attached hydrogens (primary N) is 1. The summed E-state index contributed by atoms with van der Waals surface area (Å²) in [7, 11) is 0. The molecule has 0 aliphatic heterocycles. The van der Waals surface area contributed by atoms with Crippen LogP contribution in [0.1, 0.15) is 39.5 Å². The topological polar surface area (TPSA) is 46.3 Å². The molecular weight excluding hydrogens is 188 g/mol. The van der Waals surface area contributed by atoms with Gasteiger partial charge in [-0.2, -0.15) is 0 Å². The van der Waals surface area contributed by atoms with E-state index in [0.717, 1.165) is 32.4 Å². The number of nitrogens with zero attached hydrogens (tertiary/aromatic N) is 1. The highest BCUT2D eigenvalue weighted by atomic mass is 16.2. The number of amides is 1. The fourth-order valence-corrected chi connectivity index (χ4v) is 2.57. The van der Waals surface area contributed by atoms with Crippen molar-refractivity contribution in [1.29, 1.82) is 0 Å². The Morgan fingerprint density at radius 1 is 1.40 bits per heavy atom. The highest BCUT2D eigenvalue weighted by Gasteiger charge is 2.33. The van der Waals surface area contributed by atoms with E-state index in [4.69, 9.17) is 5.73 Å². The van der Waals surface area contributed by atoms with Gasteiger partial charge >= 0.3 is 0 Å². The van der Waals surface area contributed by atoms with Crippen molar-refractivity contribution >= 4 is 5.91 Å². The van der Waals surface area contributed by atoms with Crippen LogP contribution in [0.15, 0.2) is 0 Å². The van der Waals surface area contributed by atoms with Crippen LogP contribution in [0.4, 0.5) is 0 Å². The molecule has 2 N–H and O–H groups in total. The van der Waals surface area contributed by atoms with Crippen LogP contribution < -0.4 is 5.73 Å². The monoisotopic (exact) mass is 212 g/mol. The summed E-state index contributed by atoms with van der Waals surface area (Å²) in [5.41, 5.74) is 5.71. The maximum atomic E-state index is 12.2. The predicted octanol–water partition coefficient (Wildman–Crippen LogP) is 1.62. The van der Waals surface area contributed by atoms with Gasteiger partial charge in [0.15, 0.2) is 0 Å². The van der Waals surface area contributed by atoms with Gasteiger partial charge in [-0.3, -0.25) is 4.79 Å². The van der Waals surface area contributed by atoms with E-state index in [2.05, 4.69) is 13.8 Å². The zero-order valence-corrected chi connectivity index (χ0v) is 10.0. The van der Waals surface area contributed by atoms with Crippen LogP contribution in [0.5, 0.6) is 0 Å². The predicted molar refractivity (Wildman–Crippen MR) is 62.4 cm³/mol. The van der Waals surface area contributed by atoms with E-state index in [9.17, 15) is 4.79 Å². The molecule has 1 amide bonds. The number of rotatable bonds is 5. The molecule has 0 saturated heterocycles. The van der Waals surface area contributed by atoms with Crippen LogP contribution in [-0.4, -0.2) is 30.4 Å². The summed E-state index contributed by atoms with van der Waals surface area (Å²) in [4.78, 5) is 14.2. The number of carbonyl (C=O) groups is 1. The van der Waals surface area contributed by atoms with Gasteiger partial charge in [0.25, 0.3) is 0 Å². The average Bonchev–Trinajstić information content (AvgIpc) is 2.72. The van der Waals surface area contributed by atoms with E-state index in [1.54, 1.807) is 0 Å². The molecule has 1 rings (SSSR count). The number of hydrogen-bond donors (Lipinski definition) is 1. The summed E-state index contributed by atoms with van der Waals surface area (Å²) < 4.78 is 0. The molecule has 15 heavy (non-hydrogen) atoms. The van der Waals surface area contributed by atoms with Gasteiger partial charge in [-0.05, 0) is 38.6 Å². The Hall–Kier alpha value is -0.570. The second-order valence-corrected chi connectivity index (χ2v) is 4.45. The molecule has 0 aromatic rings. The van der Waals surface area contributed by atoms with E-state index in [0.29, 0.717) is 18.4 Å². The highest BCUT2D eigenvalue weighted by molar-refractivity contribution is 5.79. The Kier molecular flexibility index (Phi) is 5.09. The number of carbonyl (C=O) groups excluding carboxylic acids is 1.